The number of nitrogens with zero attached hydrogens (tertiary/aromatic N) is 2. The Balaban J connectivity index is 2.14. The van der Waals surface area contributed by atoms with Gasteiger partial charge in [0, 0.05) is 0 Å². The zero-order valence-corrected chi connectivity index (χ0v) is 12.9. The molecule has 108 valence electrons. The lowest BCUT2D eigenvalue weighted by Gasteiger charge is -2.05. The number of benzene rings is 1. The van der Waals surface area contributed by atoms with E-state index in [2.05, 4.69) is 15.2 Å². The number of ether oxygens (including phenoxy) is 1. The summed E-state index contributed by atoms with van der Waals surface area (Å²) in [5, 5.41) is 8.22. The second kappa shape index (κ2) is 5.21. The van der Waals surface area contributed by atoms with E-state index in [0.29, 0.717) is 5.82 Å². The standard InChI is InChI=1S/C15H16N4OS/c1-8-14(21-9(2)17-8)13-12(15(16)19-18-13)10-4-6-11(20-3)7-5-10/h4-7H,1-3H3,(H3,16,18,19). The Bertz CT molecular complexity index is 774. The first-order valence-electron chi connectivity index (χ1n) is 6.53. The van der Waals surface area contributed by atoms with E-state index in [1.165, 1.54) is 0 Å². The summed E-state index contributed by atoms with van der Waals surface area (Å²) in [5.41, 5.74) is 9.86. The molecule has 1 aromatic carbocycles. The molecule has 0 aliphatic rings. The molecule has 0 aliphatic heterocycles. The van der Waals surface area contributed by atoms with Crippen LogP contribution in [0.5, 0.6) is 5.75 Å². The van der Waals surface area contributed by atoms with Crippen LogP contribution in [0.2, 0.25) is 0 Å². The summed E-state index contributed by atoms with van der Waals surface area (Å²) < 4.78 is 5.19. The third-order valence-corrected chi connectivity index (χ3v) is 4.39. The van der Waals surface area contributed by atoms with Crippen LogP contribution in [0, 0.1) is 13.8 Å². The van der Waals surface area contributed by atoms with Crippen LogP contribution in [0.25, 0.3) is 21.7 Å². The van der Waals surface area contributed by atoms with Gasteiger partial charge in [-0.2, -0.15) is 5.10 Å². The lowest BCUT2D eigenvalue weighted by atomic mass is 10.0. The number of hydrogen-bond acceptors (Lipinski definition) is 5. The van der Waals surface area contributed by atoms with Gasteiger partial charge in [0.2, 0.25) is 0 Å². The molecule has 2 heterocycles. The summed E-state index contributed by atoms with van der Waals surface area (Å²) in [4.78, 5) is 5.54. The highest BCUT2D eigenvalue weighted by Crippen LogP contribution is 2.39. The molecular formula is C15H16N4OS. The molecule has 0 atom stereocenters. The second-order valence-electron chi connectivity index (χ2n) is 4.73. The number of H-pyrrole nitrogens is 1. The molecular weight excluding hydrogens is 284 g/mol. The molecule has 3 N–H and O–H groups in total. The van der Waals surface area contributed by atoms with Gasteiger partial charge in [0.1, 0.15) is 5.75 Å². The van der Waals surface area contributed by atoms with Crippen LogP contribution in [0.3, 0.4) is 0 Å². The van der Waals surface area contributed by atoms with Gasteiger partial charge >= 0.3 is 0 Å². The fourth-order valence-electron chi connectivity index (χ4n) is 2.33. The Morgan fingerprint density at radius 2 is 1.90 bits per heavy atom. The van der Waals surface area contributed by atoms with E-state index in [-0.39, 0.29) is 0 Å². The molecule has 0 radical (unpaired) electrons. The van der Waals surface area contributed by atoms with Crippen LogP contribution in [0.1, 0.15) is 10.7 Å². The number of nitrogen functional groups attached to an aromatic ring is 1. The van der Waals surface area contributed by atoms with Gasteiger partial charge in [-0.15, -0.1) is 11.3 Å². The molecule has 0 bridgehead atoms. The molecule has 0 unspecified atom stereocenters. The minimum absolute atomic E-state index is 0.487. The van der Waals surface area contributed by atoms with E-state index < -0.39 is 0 Å². The summed E-state index contributed by atoms with van der Waals surface area (Å²) >= 11 is 1.63. The minimum atomic E-state index is 0.487. The SMILES string of the molecule is COc1ccc(-c2c(N)n[nH]c2-c2sc(C)nc2C)cc1. The van der Waals surface area contributed by atoms with Gasteiger partial charge in [-0.3, -0.25) is 5.10 Å². The van der Waals surface area contributed by atoms with Crippen molar-refractivity contribution in [2.75, 3.05) is 12.8 Å². The van der Waals surface area contributed by atoms with Crippen LogP contribution < -0.4 is 10.5 Å². The maximum atomic E-state index is 6.05. The quantitative estimate of drug-likeness (QED) is 0.777. The number of rotatable bonds is 3. The fraction of sp³-hybridized carbons (Fsp3) is 0.200. The second-order valence-corrected chi connectivity index (χ2v) is 5.94. The lowest BCUT2D eigenvalue weighted by molar-refractivity contribution is 0.415. The van der Waals surface area contributed by atoms with Crippen molar-refractivity contribution in [3.05, 3.63) is 35.0 Å². The molecule has 0 saturated heterocycles. The Morgan fingerprint density at radius 1 is 1.19 bits per heavy atom. The maximum absolute atomic E-state index is 6.05. The number of thiazole rings is 1. The Morgan fingerprint density at radius 3 is 2.48 bits per heavy atom. The summed E-state index contributed by atoms with van der Waals surface area (Å²) in [6.07, 6.45) is 0. The minimum Gasteiger partial charge on any atom is -0.497 e. The van der Waals surface area contributed by atoms with Crippen molar-refractivity contribution >= 4 is 17.2 Å². The lowest BCUT2D eigenvalue weighted by Crippen LogP contribution is -1.89. The summed E-state index contributed by atoms with van der Waals surface area (Å²) in [6, 6.07) is 7.78. The number of nitrogens with one attached hydrogen (secondary N) is 1. The van der Waals surface area contributed by atoms with Crippen molar-refractivity contribution in [2.24, 2.45) is 0 Å². The van der Waals surface area contributed by atoms with Crippen molar-refractivity contribution < 1.29 is 4.74 Å². The monoisotopic (exact) mass is 300 g/mol. The molecule has 0 aliphatic carbocycles. The van der Waals surface area contributed by atoms with Crippen molar-refractivity contribution in [2.45, 2.75) is 13.8 Å². The predicted octanol–water partition coefficient (Wildman–Crippen LogP) is 3.41. The third kappa shape index (κ3) is 2.38. The topological polar surface area (TPSA) is 76.8 Å². The van der Waals surface area contributed by atoms with Gasteiger partial charge in [-0.25, -0.2) is 4.98 Å². The normalized spacial score (nSPS) is 10.8. The van der Waals surface area contributed by atoms with Crippen molar-refractivity contribution in [1.82, 2.24) is 15.2 Å². The van der Waals surface area contributed by atoms with Crippen LogP contribution >= 0.6 is 11.3 Å². The molecule has 3 aromatic rings. The molecule has 6 heteroatoms. The largest absolute Gasteiger partial charge is 0.497 e. The number of anilines is 1. The molecule has 3 rings (SSSR count). The van der Waals surface area contributed by atoms with E-state index >= 15 is 0 Å². The highest BCUT2D eigenvalue weighted by molar-refractivity contribution is 7.15. The third-order valence-electron chi connectivity index (χ3n) is 3.30. The molecule has 0 amide bonds. The zero-order chi connectivity index (χ0) is 15.0. The first kappa shape index (κ1) is 13.6. The van der Waals surface area contributed by atoms with Crippen LogP contribution in [0.4, 0.5) is 5.82 Å². The number of aromatic nitrogens is 3. The van der Waals surface area contributed by atoms with Gasteiger partial charge in [0.25, 0.3) is 0 Å². The Labute approximate surface area is 126 Å². The molecule has 0 saturated carbocycles. The number of nitrogens with two attached hydrogens (primary N) is 1. The van der Waals surface area contributed by atoms with E-state index in [1.807, 2.05) is 38.1 Å². The fourth-order valence-corrected chi connectivity index (χ4v) is 3.25. The molecule has 0 spiro atoms. The first-order chi connectivity index (χ1) is 10.1. The Kier molecular flexibility index (Phi) is 3.39. The van der Waals surface area contributed by atoms with Gasteiger partial charge in [-0.05, 0) is 31.5 Å². The predicted molar refractivity (Wildman–Crippen MR) is 85.6 cm³/mol. The molecule has 2 aromatic heterocycles. The van der Waals surface area contributed by atoms with Crippen LogP contribution in [-0.2, 0) is 0 Å². The highest BCUT2D eigenvalue weighted by atomic mass is 32.1. The van der Waals surface area contributed by atoms with Crippen molar-refractivity contribution in [3.8, 4) is 27.4 Å². The van der Waals surface area contributed by atoms with E-state index in [1.54, 1.807) is 18.4 Å². The van der Waals surface area contributed by atoms with Crippen LogP contribution in [-0.4, -0.2) is 22.3 Å². The number of methoxy groups -OCH3 is 1. The first-order valence-corrected chi connectivity index (χ1v) is 7.34. The molecule has 5 nitrogen and oxygen atoms in total. The van der Waals surface area contributed by atoms with Crippen LogP contribution in [0.15, 0.2) is 24.3 Å². The van der Waals surface area contributed by atoms with Crippen molar-refractivity contribution in [1.29, 1.82) is 0 Å². The highest BCUT2D eigenvalue weighted by Gasteiger charge is 2.18. The molecule has 0 fully saturated rings. The number of aromatic amines is 1. The summed E-state index contributed by atoms with van der Waals surface area (Å²) in [6.45, 7) is 3.99. The van der Waals surface area contributed by atoms with E-state index in [9.17, 15) is 0 Å². The van der Waals surface area contributed by atoms with Gasteiger partial charge < -0.3 is 10.5 Å². The zero-order valence-electron chi connectivity index (χ0n) is 12.1. The van der Waals surface area contributed by atoms with Gasteiger partial charge in [0.05, 0.1) is 33.9 Å². The van der Waals surface area contributed by atoms with E-state index in [0.717, 1.165) is 38.1 Å². The van der Waals surface area contributed by atoms with Crippen molar-refractivity contribution in [3.63, 3.8) is 0 Å². The van der Waals surface area contributed by atoms with Gasteiger partial charge in [0.15, 0.2) is 5.82 Å². The maximum Gasteiger partial charge on any atom is 0.153 e. The smallest absolute Gasteiger partial charge is 0.153 e. The average Bonchev–Trinajstić information content (AvgIpc) is 3.01. The molecule has 21 heavy (non-hydrogen) atoms. The Hall–Kier alpha value is -2.34. The summed E-state index contributed by atoms with van der Waals surface area (Å²) in [7, 11) is 1.65. The van der Waals surface area contributed by atoms with Gasteiger partial charge in [-0.1, -0.05) is 12.1 Å². The number of hydrogen-bond donors (Lipinski definition) is 2. The van der Waals surface area contributed by atoms with E-state index in [4.69, 9.17) is 10.5 Å². The number of aryl methyl sites for hydroxylation is 2. The summed E-state index contributed by atoms with van der Waals surface area (Å²) in [5.74, 6) is 1.30. The average molecular weight is 300 g/mol.